The molecule has 0 aromatic carbocycles. The van der Waals surface area contributed by atoms with Crippen LogP contribution in [0.5, 0.6) is 0 Å². The van der Waals surface area contributed by atoms with E-state index in [1.165, 1.54) is 0 Å². The van der Waals surface area contributed by atoms with Crippen molar-refractivity contribution in [3.8, 4) is 0 Å². The molecule has 22 heavy (non-hydrogen) atoms. The first-order valence-electron chi connectivity index (χ1n) is 7.32. The Kier molecular flexibility index (Phi) is 5.41. The lowest BCUT2D eigenvalue weighted by Gasteiger charge is -2.09. The molecule has 2 aromatic heterocycles. The van der Waals surface area contributed by atoms with E-state index in [-0.39, 0.29) is 5.91 Å². The first kappa shape index (κ1) is 15.9. The van der Waals surface area contributed by atoms with E-state index in [0.717, 1.165) is 11.4 Å². The Morgan fingerprint density at radius 3 is 2.77 bits per heavy atom. The molecule has 2 N–H and O–H groups in total. The van der Waals surface area contributed by atoms with Crippen LogP contribution in [0.25, 0.3) is 0 Å². The fourth-order valence-corrected chi connectivity index (χ4v) is 1.82. The van der Waals surface area contributed by atoms with Crippen molar-refractivity contribution in [2.24, 2.45) is 5.92 Å². The molecule has 0 aliphatic rings. The number of amides is 1. The summed E-state index contributed by atoms with van der Waals surface area (Å²) < 4.78 is 0. The lowest BCUT2D eigenvalue weighted by Crippen LogP contribution is -2.28. The van der Waals surface area contributed by atoms with Gasteiger partial charge in [0.05, 0.1) is 12.2 Å². The lowest BCUT2D eigenvalue weighted by molar-refractivity contribution is 0.0944. The van der Waals surface area contributed by atoms with Crippen molar-refractivity contribution in [1.82, 2.24) is 20.3 Å². The predicted molar refractivity (Wildman–Crippen MR) is 85.5 cm³/mol. The van der Waals surface area contributed by atoms with Gasteiger partial charge in [0, 0.05) is 18.4 Å². The Morgan fingerprint density at radius 2 is 2.09 bits per heavy atom. The lowest BCUT2D eigenvalue weighted by atomic mass is 10.2. The first-order chi connectivity index (χ1) is 10.5. The monoisotopic (exact) mass is 299 g/mol. The quantitative estimate of drug-likeness (QED) is 0.854. The van der Waals surface area contributed by atoms with Gasteiger partial charge in [-0.25, -0.2) is 9.97 Å². The van der Waals surface area contributed by atoms with E-state index in [4.69, 9.17) is 0 Å². The smallest absolute Gasteiger partial charge is 0.270 e. The second-order valence-corrected chi connectivity index (χ2v) is 5.50. The molecule has 2 rings (SSSR count). The molecule has 2 heterocycles. The van der Waals surface area contributed by atoms with Gasteiger partial charge < -0.3 is 10.6 Å². The molecule has 0 atom stereocenters. The fraction of sp³-hybridized carbons (Fsp3) is 0.375. The van der Waals surface area contributed by atoms with Crippen molar-refractivity contribution < 1.29 is 4.79 Å². The molecule has 116 valence electrons. The van der Waals surface area contributed by atoms with Crippen molar-refractivity contribution in [1.29, 1.82) is 0 Å². The molecule has 1 amide bonds. The molecule has 0 saturated heterocycles. The summed E-state index contributed by atoms with van der Waals surface area (Å²) in [7, 11) is 0. The number of anilines is 1. The van der Waals surface area contributed by atoms with E-state index in [0.29, 0.717) is 30.6 Å². The summed E-state index contributed by atoms with van der Waals surface area (Å²) in [4.78, 5) is 24.9. The molecule has 0 radical (unpaired) electrons. The molecule has 2 aromatic rings. The highest BCUT2D eigenvalue weighted by atomic mass is 16.1. The Balaban J connectivity index is 2.04. The molecule has 0 spiro atoms. The Hall–Kier alpha value is -2.50. The molecular formula is C16H21N5O. The van der Waals surface area contributed by atoms with Gasteiger partial charge in [-0.05, 0) is 31.0 Å². The van der Waals surface area contributed by atoms with E-state index < -0.39 is 0 Å². The molecule has 0 fully saturated rings. The Morgan fingerprint density at radius 1 is 1.27 bits per heavy atom. The minimum Gasteiger partial charge on any atom is -0.350 e. The molecule has 0 aliphatic heterocycles. The topological polar surface area (TPSA) is 79.8 Å². The predicted octanol–water partition coefficient (Wildman–Crippen LogP) is 2.18. The zero-order chi connectivity index (χ0) is 15.9. The zero-order valence-electron chi connectivity index (χ0n) is 13.1. The number of carbonyl (C=O) groups is 1. The Bertz CT molecular complexity index is 628. The third-order valence-electron chi connectivity index (χ3n) is 2.91. The first-order valence-corrected chi connectivity index (χ1v) is 7.32. The molecule has 0 unspecified atom stereocenters. The van der Waals surface area contributed by atoms with E-state index in [1.54, 1.807) is 12.3 Å². The summed E-state index contributed by atoms with van der Waals surface area (Å²) in [6.45, 7) is 7.07. The number of rotatable bonds is 6. The summed E-state index contributed by atoms with van der Waals surface area (Å²) in [5, 5.41) is 5.95. The number of nitrogens with zero attached hydrogens (tertiary/aromatic N) is 3. The van der Waals surface area contributed by atoms with Crippen molar-refractivity contribution in [3.63, 3.8) is 0 Å². The molecule has 0 saturated carbocycles. The highest BCUT2D eigenvalue weighted by molar-refractivity contribution is 5.92. The van der Waals surface area contributed by atoms with E-state index >= 15 is 0 Å². The van der Waals surface area contributed by atoms with Crippen molar-refractivity contribution in [2.45, 2.75) is 27.3 Å². The van der Waals surface area contributed by atoms with Gasteiger partial charge in [0.15, 0.2) is 0 Å². The largest absolute Gasteiger partial charge is 0.350 e. The van der Waals surface area contributed by atoms with Crippen LogP contribution in [0, 0.1) is 12.8 Å². The van der Waals surface area contributed by atoms with Crippen LogP contribution >= 0.6 is 0 Å². The maximum absolute atomic E-state index is 12.1. The van der Waals surface area contributed by atoms with Crippen LogP contribution in [-0.4, -0.2) is 27.4 Å². The average molecular weight is 299 g/mol. The molecular weight excluding hydrogens is 278 g/mol. The van der Waals surface area contributed by atoms with Crippen LogP contribution in [0.2, 0.25) is 0 Å². The number of aryl methyl sites for hydroxylation is 1. The number of aromatic nitrogens is 3. The number of hydrogen-bond donors (Lipinski definition) is 2. The van der Waals surface area contributed by atoms with Crippen LogP contribution in [0.1, 0.15) is 35.7 Å². The van der Waals surface area contributed by atoms with Crippen molar-refractivity contribution >= 4 is 11.9 Å². The van der Waals surface area contributed by atoms with E-state index in [9.17, 15) is 4.79 Å². The number of nitrogens with one attached hydrogen (secondary N) is 2. The van der Waals surface area contributed by atoms with Gasteiger partial charge in [0.1, 0.15) is 5.69 Å². The number of hydrogen-bond acceptors (Lipinski definition) is 5. The molecule has 0 aliphatic carbocycles. The zero-order valence-corrected chi connectivity index (χ0v) is 13.1. The normalized spacial score (nSPS) is 10.5. The van der Waals surface area contributed by atoms with Gasteiger partial charge in [0.2, 0.25) is 5.95 Å². The van der Waals surface area contributed by atoms with Gasteiger partial charge in [-0.2, -0.15) is 0 Å². The Labute approximate surface area is 130 Å². The van der Waals surface area contributed by atoms with E-state index in [2.05, 4.69) is 25.6 Å². The molecule has 0 bridgehead atoms. The summed E-state index contributed by atoms with van der Waals surface area (Å²) in [5.41, 5.74) is 2.00. The molecule has 6 heteroatoms. The molecule has 6 nitrogen and oxygen atoms in total. The van der Waals surface area contributed by atoms with Crippen molar-refractivity contribution in [3.05, 3.63) is 47.5 Å². The van der Waals surface area contributed by atoms with Crippen LogP contribution in [0.3, 0.4) is 0 Å². The fourth-order valence-electron chi connectivity index (χ4n) is 1.82. The summed E-state index contributed by atoms with van der Waals surface area (Å²) in [6.07, 6.45) is 1.74. The third kappa shape index (κ3) is 4.80. The maximum atomic E-state index is 12.1. The maximum Gasteiger partial charge on any atom is 0.270 e. The van der Waals surface area contributed by atoms with E-state index in [1.807, 2.05) is 39.0 Å². The highest BCUT2D eigenvalue weighted by Crippen LogP contribution is 2.07. The minimum atomic E-state index is -0.180. The van der Waals surface area contributed by atoms with Gasteiger partial charge in [-0.1, -0.05) is 19.9 Å². The standard InChI is InChI=1S/C16H21N5O/c1-11(2)9-18-15(22)14-8-12(3)20-16(21-14)19-10-13-6-4-5-7-17-13/h4-8,11H,9-10H2,1-3H3,(H,18,22)(H,19,20,21). The van der Waals surface area contributed by atoms with Crippen LogP contribution in [0.4, 0.5) is 5.95 Å². The van der Waals surface area contributed by atoms with Crippen LogP contribution in [-0.2, 0) is 6.54 Å². The SMILES string of the molecule is Cc1cc(C(=O)NCC(C)C)nc(NCc2ccccn2)n1. The van der Waals surface area contributed by atoms with Crippen LogP contribution < -0.4 is 10.6 Å². The summed E-state index contributed by atoms with van der Waals surface area (Å²) >= 11 is 0. The third-order valence-corrected chi connectivity index (χ3v) is 2.91. The number of pyridine rings is 1. The summed E-state index contributed by atoms with van der Waals surface area (Å²) in [5.74, 6) is 0.647. The average Bonchev–Trinajstić information content (AvgIpc) is 2.51. The van der Waals surface area contributed by atoms with Crippen molar-refractivity contribution in [2.75, 3.05) is 11.9 Å². The van der Waals surface area contributed by atoms with Gasteiger partial charge >= 0.3 is 0 Å². The van der Waals surface area contributed by atoms with Gasteiger partial charge in [-0.3, -0.25) is 9.78 Å². The second-order valence-electron chi connectivity index (χ2n) is 5.50. The number of carbonyl (C=O) groups excluding carboxylic acids is 1. The van der Waals surface area contributed by atoms with Gasteiger partial charge in [0.25, 0.3) is 5.91 Å². The second kappa shape index (κ2) is 7.49. The minimum absolute atomic E-state index is 0.180. The van der Waals surface area contributed by atoms with Crippen LogP contribution in [0.15, 0.2) is 30.5 Å². The van der Waals surface area contributed by atoms with Gasteiger partial charge in [-0.15, -0.1) is 0 Å². The highest BCUT2D eigenvalue weighted by Gasteiger charge is 2.10. The summed E-state index contributed by atoms with van der Waals surface area (Å²) in [6, 6.07) is 7.39.